The molecular weight excluding hydrogens is 322 g/mol. The van der Waals surface area contributed by atoms with E-state index in [4.69, 9.17) is 9.47 Å². The highest BCUT2D eigenvalue weighted by molar-refractivity contribution is 9.09. The van der Waals surface area contributed by atoms with E-state index in [2.05, 4.69) is 21.2 Å². The summed E-state index contributed by atoms with van der Waals surface area (Å²) in [7, 11) is 1.63. The van der Waals surface area contributed by atoms with E-state index in [0.29, 0.717) is 18.8 Å². The first-order chi connectivity index (χ1) is 9.71. The van der Waals surface area contributed by atoms with Gasteiger partial charge >= 0.3 is 0 Å². The Morgan fingerprint density at radius 3 is 2.90 bits per heavy atom. The molecule has 0 aromatic heterocycles. The Labute approximate surface area is 129 Å². The van der Waals surface area contributed by atoms with E-state index in [1.807, 2.05) is 19.1 Å². The summed E-state index contributed by atoms with van der Waals surface area (Å²) in [6, 6.07) is 7.25. The van der Waals surface area contributed by atoms with Gasteiger partial charge in [-0.05, 0) is 31.0 Å². The summed E-state index contributed by atoms with van der Waals surface area (Å²) in [6.07, 6.45) is 1.77. The third-order valence-electron chi connectivity index (χ3n) is 2.73. The second-order valence-electron chi connectivity index (χ2n) is 4.48. The van der Waals surface area contributed by atoms with E-state index in [1.54, 1.807) is 19.2 Å². The first-order valence-corrected chi connectivity index (χ1v) is 7.92. The summed E-state index contributed by atoms with van der Waals surface area (Å²) in [5.41, 5.74) is 0.606. The van der Waals surface area contributed by atoms with Gasteiger partial charge in [0.25, 0.3) is 5.91 Å². The Morgan fingerprint density at radius 2 is 2.25 bits per heavy atom. The van der Waals surface area contributed by atoms with Gasteiger partial charge in [-0.25, -0.2) is 0 Å². The number of methoxy groups -OCH3 is 1. The maximum Gasteiger partial charge on any atom is 0.251 e. The summed E-state index contributed by atoms with van der Waals surface area (Å²) in [4.78, 5) is 12.2. The zero-order chi connectivity index (χ0) is 14.8. The number of nitrogens with one attached hydrogen (secondary N) is 1. The van der Waals surface area contributed by atoms with Gasteiger partial charge in [-0.3, -0.25) is 4.79 Å². The fourth-order valence-electron chi connectivity index (χ4n) is 1.75. The van der Waals surface area contributed by atoms with Crippen LogP contribution in [0.3, 0.4) is 0 Å². The predicted molar refractivity (Wildman–Crippen MR) is 83.8 cm³/mol. The van der Waals surface area contributed by atoms with Gasteiger partial charge in [0, 0.05) is 18.0 Å². The average molecular weight is 344 g/mol. The van der Waals surface area contributed by atoms with E-state index in [-0.39, 0.29) is 11.9 Å². The maximum absolute atomic E-state index is 12.2. The number of ether oxygens (including phenoxy) is 2. The van der Waals surface area contributed by atoms with Crippen molar-refractivity contribution in [3.63, 3.8) is 0 Å². The molecule has 1 atom stereocenters. The Balaban J connectivity index is 2.65. The molecule has 0 bridgehead atoms. The normalized spacial score (nSPS) is 11.9. The number of benzene rings is 1. The molecule has 0 fully saturated rings. The lowest BCUT2D eigenvalue weighted by atomic mass is 10.1. The number of carbonyl (C=O) groups is 1. The molecule has 0 saturated carbocycles. The highest BCUT2D eigenvalue weighted by Crippen LogP contribution is 2.14. The lowest BCUT2D eigenvalue weighted by Crippen LogP contribution is -2.38. The number of carbonyl (C=O) groups excluding carboxylic acids is 1. The molecule has 0 aliphatic rings. The predicted octanol–water partition coefficient (Wildman–Crippen LogP) is 3.01. The van der Waals surface area contributed by atoms with Crippen LogP contribution < -0.4 is 10.1 Å². The van der Waals surface area contributed by atoms with Gasteiger partial charge in [-0.2, -0.15) is 0 Å². The highest BCUT2D eigenvalue weighted by atomic mass is 79.9. The van der Waals surface area contributed by atoms with Crippen molar-refractivity contribution in [2.75, 3.05) is 25.7 Å². The number of hydrogen-bond acceptors (Lipinski definition) is 3. The van der Waals surface area contributed by atoms with E-state index in [9.17, 15) is 4.79 Å². The van der Waals surface area contributed by atoms with Gasteiger partial charge in [0.05, 0.1) is 19.3 Å². The Kier molecular flexibility index (Phi) is 8.30. The Morgan fingerprint density at radius 1 is 1.45 bits per heavy atom. The quantitative estimate of drug-likeness (QED) is 0.701. The zero-order valence-corrected chi connectivity index (χ0v) is 13.6. The maximum atomic E-state index is 12.2. The summed E-state index contributed by atoms with van der Waals surface area (Å²) in [6.45, 7) is 3.20. The van der Waals surface area contributed by atoms with E-state index in [1.165, 1.54) is 0 Å². The van der Waals surface area contributed by atoms with Gasteiger partial charge < -0.3 is 14.8 Å². The minimum Gasteiger partial charge on any atom is -0.494 e. The van der Waals surface area contributed by atoms with Gasteiger partial charge in [0.2, 0.25) is 0 Å². The highest BCUT2D eigenvalue weighted by Gasteiger charge is 2.13. The van der Waals surface area contributed by atoms with Gasteiger partial charge in [-0.1, -0.05) is 28.9 Å². The molecule has 4 nitrogen and oxygen atoms in total. The molecule has 1 N–H and O–H groups in total. The van der Waals surface area contributed by atoms with Crippen LogP contribution in [0.1, 0.15) is 30.1 Å². The zero-order valence-electron chi connectivity index (χ0n) is 12.0. The van der Waals surface area contributed by atoms with Crippen molar-refractivity contribution >= 4 is 21.8 Å². The lowest BCUT2D eigenvalue weighted by Gasteiger charge is -2.17. The molecule has 20 heavy (non-hydrogen) atoms. The minimum absolute atomic E-state index is 0.00657. The molecule has 1 unspecified atom stereocenters. The number of halogens is 1. The lowest BCUT2D eigenvalue weighted by molar-refractivity contribution is 0.0895. The van der Waals surface area contributed by atoms with Crippen molar-refractivity contribution in [3.05, 3.63) is 29.8 Å². The first-order valence-electron chi connectivity index (χ1n) is 6.79. The minimum atomic E-state index is -0.102. The summed E-state index contributed by atoms with van der Waals surface area (Å²) in [5.74, 6) is 0.623. The van der Waals surface area contributed by atoms with Gasteiger partial charge in [0.1, 0.15) is 5.75 Å². The third kappa shape index (κ3) is 5.92. The van der Waals surface area contributed by atoms with Crippen molar-refractivity contribution < 1.29 is 14.3 Å². The largest absolute Gasteiger partial charge is 0.494 e. The molecule has 0 aliphatic carbocycles. The molecule has 0 saturated heterocycles. The molecule has 0 radical (unpaired) electrons. The molecule has 0 spiro atoms. The van der Waals surface area contributed by atoms with Crippen molar-refractivity contribution in [3.8, 4) is 5.75 Å². The standard InChI is InChI=1S/C15H22BrNO3/c1-3-9-20-14-6-4-5-12(10-14)15(18)17-13(7-8-16)11-19-2/h4-6,10,13H,3,7-9,11H2,1-2H3,(H,17,18). The fraction of sp³-hybridized carbons (Fsp3) is 0.533. The third-order valence-corrected chi connectivity index (χ3v) is 3.19. The summed E-state index contributed by atoms with van der Waals surface area (Å²) in [5, 5.41) is 3.79. The van der Waals surface area contributed by atoms with Crippen LogP contribution >= 0.6 is 15.9 Å². The van der Waals surface area contributed by atoms with Crippen LogP contribution in [0, 0.1) is 0 Å². The van der Waals surface area contributed by atoms with Crippen LogP contribution in [0.2, 0.25) is 0 Å². The van der Waals surface area contributed by atoms with E-state index < -0.39 is 0 Å². The first kappa shape index (κ1) is 17.0. The average Bonchev–Trinajstić information content (AvgIpc) is 2.46. The molecule has 112 valence electrons. The molecule has 1 rings (SSSR count). The SMILES string of the molecule is CCCOc1cccc(C(=O)NC(CCBr)COC)c1. The van der Waals surface area contributed by atoms with Crippen LogP contribution in [0.25, 0.3) is 0 Å². The van der Waals surface area contributed by atoms with E-state index >= 15 is 0 Å². The number of rotatable bonds is 9. The second kappa shape index (κ2) is 9.77. The summed E-state index contributed by atoms with van der Waals surface area (Å²) >= 11 is 3.38. The molecular formula is C15H22BrNO3. The number of amides is 1. The Bertz CT molecular complexity index is 406. The number of alkyl halides is 1. The monoisotopic (exact) mass is 343 g/mol. The topological polar surface area (TPSA) is 47.6 Å². The fourth-order valence-corrected chi connectivity index (χ4v) is 2.30. The summed E-state index contributed by atoms with van der Waals surface area (Å²) < 4.78 is 10.6. The van der Waals surface area contributed by atoms with Crippen molar-refractivity contribution in [1.29, 1.82) is 0 Å². The van der Waals surface area contributed by atoms with Crippen LogP contribution in [-0.2, 0) is 4.74 Å². The molecule has 1 aromatic rings. The molecule has 1 amide bonds. The van der Waals surface area contributed by atoms with Crippen LogP contribution in [0.5, 0.6) is 5.75 Å². The van der Waals surface area contributed by atoms with Crippen LogP contribution in [0.4, 0.5) is 0 Å². The van der Waals surface area contributed by atoms with Crippen molar-refractivity contribution in [2.45, 2.75) is 25.8 Å². The second-order valence-corrected chi connectivity index (χ2v) is 5.27. The van der Waals surface area contributed by atoms with Gasteiger partial charge in [-0.15, -0.1) is 0 Å². The molecule has 0 aliphatic heterocycles. The smallest absolute Gasteiger partial charge is 0.251 e. The molecule has 5 heteroatoms. The van der Waals surface area contributed by atoms with Crippen molar-refractivity contribution in [2.24, 2.45) is 0 Å². The van der Waals surface area contributed by atoms with Crippen LogP contribution in [-0.4, -0.2) is 37.6 Å². The van der Waals surface area contributed by atoms with Crippen LogP contribution in [0.15, 0.2) is 24.3 Å². The Hall–Kier alpha value is -1.07. The molecule has 0 heterocycles. The van der Waals surface area contributed by atoms with Crippen molar-refractivity contribution in [1.82, 2.24) is 5.32 Å². The number of hydrogen-bond donors (Lipinski definition) is 1. The van der Waals surface area contributed by atoms with Gasteiger partial charge in [0.15, 0.2) is 0 Å². The molecule has 1 aromatic carbocycles. The van der Waals surface area contributed by atoms with E-state index in [0.717, 1.165) is 23.9 Å².